The minimum absolute atomic E-state index is 0.0912. The first kappa shape index (κ1) is 19.8. The lowest BCUT2D eigenvalue weighted by Crippen LogP contribution is -2.23. The van der Waals surface area contributed by atoms with Gasteiger partial charge in [-0.2, -0.15) is 0 Å². The lowest BCUT2D eigenvalue weighted by atomic mass is 10.2. The fraction of sp³-hybridized carbons (Fsp3) is 0.250. The molecule has 0 aliphatic rings. The highest BCUT2D eigenvalue weighted by Crippen LogP contribution is 2.18. The van der Waals surface area contributed by atoms with Crippen LogP contribution in [-0.2, 0) is 13.2 Å². The van der Waals surface area contributed by atoms with E-state index < -0.39 is 0 Å². The summed E-state index contributed by atoms with van der Waals surface area (Å²) in [6.45, 7) is 5.01. The fourth-order valence-electron chi connectivity index (χ4n) is 3.62. The summed E-state index contributed by atoms with van der Waals surface area (Å²) in [5.74, 6) is 0.724. The van der Waals surface area contributed by atoms with Gasteiger partial charge in [-0.25, -0.2) is 4.68 Å². The van der Waals surface area contributed by atoms with Crippen LogP contribution in [-0.4, -0.2) is 14.3 Å². The molecule has 2 aromatic carbocycles. The second kappa shape index (κ2) is 8.45. The van der Waals surface area contributed by atoms with Crippen molar-refractivity contribution in [3.8, 4) is 11.4 Å². The highest BCUT2D eigenvalue weighted by Gasteiger charge is 2.15. The van der Waals surface area contributed by atoms with E-state index in [0.29, 0.717) is 35.4 Å². The van der Waals surface area contributed by atoms with Crippen molar-refractivity contribution in [2.24, 2.45) is 0 Å². The number of aryl methyl sites for hydroxylation is 1. The first-order chi connectivity index (χ1) is 14.6. The molecule has 0 spiro atoms. The van der Waals surface area contributed by atoms with Crippen molar-refractivity contribution in [1.29, 1.82) is 0 Å². The van der Waals surface area contributed by atoms with Crippen molar-refractivity contribution >= 4 is 10.9 Å². The van der Waals surface area contributed by atoms with E-state index in [1.165, 1.54) is 10.7 Å². The maximum absolute atomic E-state index is 13.1. The van der Waals surface area contributed by atoms with Gasteiger partial charge in [0.1, 0.15) is 12.4 Å². The van der Waals surface area contributed by atoms with Gasteiger partial charge in [0.25, 0.3) is 11.1 Å². The third-order valence-corrected chi connectivity index (χ3v) is 5.30. The van der Waals surface area contributed by atoms with E-state index in [1.807, 2.05) is 61.5 Å². The van der Waals surface area contributed by atoms with Crippen LogP contribution in [0.1, 0.15) is 31.0 Å². The summed E-state index contributed by atoms with van der Waals surface area (Å²) in [5.41, 5.74) is 2.79. The molecule has 154 valence electrons. The summed E-state index contributed by atoms with van der Waals surface area (Å²) in [6, 6.07) is 18.8. The van der Waals surface area contributed by atoms with E-state index in [2.05, 4.69) is 12.0 Å². The number of ether oxygens (including phenoxy) is 1. The highest BCUT2D eigenvalue weighted by atomic mass is 16.5. The number of fused-ring (bicyclic) bond motifs is 1. The van der Waals surface area contributed by atoms with Gasteiger partial charge in [-0.15, -0.1) is 0 Å². The first-order valence-electron chi connectivity index (χ1n) is 10.2. The minimum atomic E-state index is -0.161. The molecule has 0 atom stereocenters. The smallest absolute Gasteiger partial charge is 0.280 e. The number of nitrogens with zero attached hydrogens (tertiary/aromatic N) is 2. The number of H-pyrrole nitrogens is 1. The van der Waals surface area contributed by atoms with Crippen molar-refractivity contribution in [3.05, 3.63) is 92.6 Å². The Kier molecular flexibility index (Phi) is 5.57. The molecule has 0 saturated carbocycles. The molecular weight excluding hydrogens is 378 g/mol. The first-order valence-corrected chi connectivity index (χ1v) is 10.2. The molecule has 30 heavy (non-hydrogen) atoms. The van der Waals surface area contributed by atoms with Crippen LogP contribution in [0, 0.1) is 6.92 Å². The Balaban J connectivity index is 1.63. The van der Waals surface area contributed by atoms with Crippen molar-refractivity contribution in [2.75, 3.05) is 0 Å². The van der Waals surface area contributed by atoms with Gasteiger partial charge in [-0.3, -0.25) is 14.7 Å². The van der Waals surface area contributed by atoms with Gasteiger partial charge in [-0.1, -0.05) is 43.7 Å². The SMILES string of the molecule is CCCCn1c(C)c2c(=O)n(-c3ccc(OCc4ccccc4)cc3)[nH]c2cc1=O. The summed E-state index contributed by atoms with van der Waals surface area (Å²) in [6.07, 6.45) is 1.88. The van der Waals surface area contributed by atoms with E-state index in [-0.39, 0.29) is 11.1 Å². The molecule has 2 aromatic heterocycles. The van der Waals surface area contributed by atoms with Crippen LogP contribution in [0.4, 0.5) is 0 Å². The third kappa shape index (κ3) is 3.81. The van der Waals surface area contributed by atoms with Crippen molar-refractivity contribution in [3.63, 3.8) is 0 Å². The van der Waals surface area contributed by atoms with Crippen LogP contribution >= 0.6 is 0 Å². The minimum Gasteiger partial charge on any atom is -0.489 e. The maximum Gasteiger partial charge on any atom is 0.280 e. The molecule has 0 aliphatic heterocycles. The molecule has 0 amide bonds. The average Bonchev–Trinajstić information content (AvgIpc) is 3.09. The van der Waals surface area contributed by atoms with Crippen molar-refractivity contribution in [2.45, 2.75) is 39.8 Å². The Morgan fingerprint density at radius 2 is 1.73 bits per heavy atom. The molecule has 6 heteroatoms. The van der Waals surface area contributed by atoms with Crippen LogP contribution in [0.3, 0.4) is 0 Å². The van der Waals surface area contributed by atoms with Crippen LogP contribution in [0.15, 0.2) is 70.3 Å². The average molecular weight is 403 g/mol. The summed E-state index contributed by atoms with van der Waals surface area (Å²) in [5, 5.41) is 3.62. The Hall–Kier alpha value is -3.54. The number of hydrogen-bond acceptors (Lipinski definition) is 3. The predicted octanol–water partition coefficient (Wildman–Crippen LogP) is 4.17. The largest absolute Gasteiger partial charge is 0.489 e. The van der Waals surface area contributed by atoms with Gasteiger partial charge < -0.3 is 9.30 Å². The molecule has 0 bridgehead atoms. The molecule has 0 radical (unpaired) electrons. The number of aromatic amines is 1. The molecular formula is C24H25N3O3. The van der Waals surface area contributed by atoms with E-state index in [4.69, 9.17) is 4.74 Å². The molecule has 1 N–H and O–H groups in total. The van der Waals surface area contributed by atoms with Gasteiger partial charge in [0, 0.05) is 18.3 Å². The quantitative estimate of drug-likeness (QED) is 0.504. The number of nitrogens with one attached hydrogen (secondary N) is 1. The van der Waals surface area contributed by atoms with Crippen LogP contribution in [0.5, 0.6) is 5.75 Å². The van der Waals surface area contributed by atoms with E-state index in [9.17, 15) is 9.59 Å². The van der Waals surface area contributed by atoms with Crippen molar-refractivity contribution in [1.82, 2.24) is 14.3 Å². The van der Waals surface area contributed by atoms with E-state index in [1.54, 1.807) is 4.57 Å². The topological polar surface area (TPSA) is 69.0 Å². The fourth-order valence-corrected chi connectivity index (χ4v) is 3.62. The summed E-state index contributed by atoms with van der Waals surface area (Å²) < 4.78 is 8.98. The number of unbranched alkanes of at least 4 members (excludes halogenated alkanes) is 1. The van der Waals surface area contributed by atoms with E-state index >= 15 is 0 Å². The zero-order valence-corrected chi connectivity index (χ0v) is 17.2. The standard InChI is InChI=1S/C24H25N3O3/c1-3-4-14-26-17(2)23-21(15-22(26)28)25-27(24(23)29)19-10-12-20(13-11-19)30-16-18-8-6-5-7-9-18/h5-13,15,25H,3-4,14,16H2,1-2H3. The van der Waals surface area contributed by atoms with Crippen molar-refractivity contribution < 1.29 is 4.74 Å². The highest BCUT2D eigenvalue weighted by molar-refractivity contribution is 5.80. The van der Waals surface area contributed by atoms with Crippen LogP contribution in [0.25, 0.3) is 16.6 Å². The molecule has 0 fully saturated rings. The number of pyridine rings is 1. The Bertz CT molecular complexity index is 1270. The number of hydrogen-bond donors (Lipinski definition) is 1. The Labute approximate surface area is 174 Å². The predicted molar refractivity (Wildman–Crippen MR) is 119 cm³/mol. The number of benzene rings is 2. The van der Waals surface area contributed by atoms with Gasteiger partial charge in [0.2, 0.25) is 0 Å². The molecule has 4 aromatic rings. The third-order valence-electron chi connectivity index (χ3n) is 5.30. The van der Waals surface area contributed by atoms with Crippen LogP contribution < -0.4 is 15.9 Å². The van der Waals surface area contributed by atoms with Gasteiger partial charge >= 0.3 is 0 Å². The lowest BCUT2D eigenvalue weighted by Gasteiger charge is -2.08. The maximum atomic E-state index is 13.1. The van der Waals surface area contributed by atoms with E-state index in [0.717, 1.165) is 24.2 Å². The monoisotopic (exact) mass is 403 g/mol. The number of aromatic nitrogens is 3. The summed E-state index contributed by atoms with van der Waals surface area (Å²) in [4.78, 5) is 25.5. The van der Waals surface area contributed by atoms with Gasteiger partial charge in [-0.05, 0) is 43.2 Å². The van der Waals surface area contributed by atoms with Gasteiger partial charge in [0.15, 0.2) is 0 Å². The summed E-state index contributed by atoms with van der Waals surface area (Å²) >= 11 is 0. The second-order valence-electron chi connectivity index (χ2n) is 7.38. The zero-order valence-electron chi connectivity index (χ0n) is 17.2. The zero-order chi connectivity index (χ0) is 21.1. The lowest BCUT2D eigenvalue weighted by molar-refractivity contribution is 0.306. The molecule has 0 saturated heterocycles. The normalized spacial score (nSPS) is 11.1. The molecule has 2 heterocycles. The molecule has 6 nitrogen and oxygen atoms in total. The Morgan fingerprint density at radius 3 is 2.43 bits per heavy atom. The number of rotatable bonds is 7. The molecule has 4 rings (SSSR count). The molecule has 0 unspecified atom stereocenters. The Morgan fingerprint density at radius 1 is 1.00 bits per heavy atom. The van der Waals surface area contributed by atoms with Gasteiger partial charge in [0.05, 0.1) is 16.6 Å². The van der Waals surface area contributed by atoms with Crippen LogP contribution in [0.2, 0.25) is 0 Å². The molecule has 0 aliphatic carbocycles. The summed E-state index contributed by atoms with van der Waals surface area (Å²) in [7, 11) is 0. The second-order valence-corrected chi connectivity index (χ2v) is 7.38.